The molecule has 0 aliphatic rings. The van der Waals surface area contributed by atoms with E-state index in [2.05, 4.69) is 5.32 Å². The van der Waals surface area contributed by atoms with Crippen LogP contribution in [0.1, 0.15) is 31.4 Å². The first kappa shape index (κ1) is 31.3. The zero-order chi connectivity index (χ0) is 29.4. The van der Waals surface area contributed by atoms with Crippen LogP contribution in [-0.2, 0) is 26.2 Å². The first-order chi connectivity index (χ1) is 19.0. The molecule has 0 spiro atoms. The van der Waals surface area contributed by atoms with Gasteiger partial charge in [0.2, 0.25) is 11.8 Å². The Morgan fingerprint density at radius 1 is 0.975 bits per heavy atom. The van der Waals surface area contributed by atoms with Crippen molar-refractivity contribution in [3.05, 3.63) is 87.9 Å². The number of hydrogen-bond acceptors (Lipinski definition) is 5. The van der Waals surface area contributed by atoms with E-state index in [4.69, 9.17) is 27.9 Å². The predicted octanol–water partition coefficient (Wildman–Crippen LogP) is 5.45. The fraction of sp³-hybridized carbons (Fsp3) is 0.310. The van der Waals surface area contributed by atoms with E-state index in [1.54, 1.807) is 68.4 Å². The molecule has 1 N–H and O–H groups in total. The van der Waals surface area contributed by atoms with E-state index in [0.29, 0.717) is 34.3 Å². The molecule has 214 valence electrons. The van der Waals surface area contributed by atoms with Crippen molar-refractivity contribution in [2.24, 2.45) is 0 Å². The Kier molecular flexibility index (Phi) is 10.8. The molecule has 0 aliphatic carbocycles. The van der Waals surface area contributed by atoms with Gasteiger partial charge in [-0.15, -0.1) is 0 Å². The summed E-state index contributed by atoms with van der Waals surface area (Å²) in [6, 6.07) is 16.8. The number of nitrogens with zero attached hydrogens (tertiary/aromatic N) is 2. The van der Waals surface area contributed by atoms with E-state index in [1.165, 1.54) is 24.1 Å². The van der Waals surface area contributed by atoms with Gasteiger partial charge in [0.1, 0.15) is 18.3 Å². The Labute approximate surface area is 245 Å². The van der Waals surface area contributed by atoms with Crippen LogP contribution < -0.4 is 14.4 Å². The van der Waals surface area contributed by atoms with Crippen molar-refractivity contribution < 1.29 is 22.7 Å². The molecule has 0 saturated heterocycles. The van der Waals surface area contributed by atoms with Crippen LogP contribution in [0.4, 0.5) is 5.69 Å². The van der Waals surface area contributed by atoms with Gasteiger partial charge >= 0.3 is 0 Å². The number of halogens is 2. The number of anilines is 1. The number of aryl methyl sites for hydroxylation is 1. The van der Waals surface area contributed by atoms with Gasteiger partial charge in [-0.05, 0) is 74.4 Å². The largest absolute Gasteiger partial charge is 0.497 e. The summed E-state index contributed by atoms with van der Waals surface area (Å²) in [6.45, 7) is 5.22. The van der Waals surface area contributed by atoms with Crippen LogP contribution in [0.5, 0.6) is 5.75 Å². The second kappa shape index (κ2) is 13.9. The van der Waals surface area contributed by atoms with Gasteiger partial charge in [0, 0.05) is 23.1 Å². The van der Waals surface area contributed by atoms with Crippen molar-refractivity contribution in [3.63, 3.8) is 0 Å². The molecule has 0 saturated carbocycles. The summed E-state index contributed by atoms with van der Waals surface area (Å²) < 4.78 is 34.0. The molecular formula is C29H33Cl2N3O5S. The number of methoxy groups -OCH3 is 1. The molecule has 0 radical (unpaired) electrons. The third kappa shape index (κ3) is 7.47. The van der Waals surface area contributed by atoms with Gasteiger partial charge in [-0.3, -0.25) is 13.9 Å². The monoisotopic (exact) mass is 605 g/mol. The highest BCUT2D eigenvalue weighted by Crippen LogP contribution is 2.28. The minimum absolute atomic E-state index is 0.0223. The number of hydrogen-bond donors (Lipinski definition) is 1. The Morgan fingerprint density at radius 3 is 2.17 bits per heavy atom. The summed E-state index contributed by atoms with van der Waals surface area (Å²) in [5, 5.41) is 3.52. The summed E-state index contributed by atoms with van der Waals surface area (Å²) in [7, 11) is -2.66. The normalized spacial score (nSPS) is 11.9. The minimum Gasteiger partial charge on any atom is -0.497 e. The average molecular weight is 607 g/mol. The number of nitrogens with one attached hydrogen (secondary N) is 1. The molecule has 40 heavy (non-hydrogen) atoms. The van der Waals surface area contributed by atoms with Crippen molar-refractivity contribution in [2.45, 2.75) is 44.7 Å². The van der Waals surface area contributed by atoms with Gasteiger partial charge in [-0.25, -0.2) is 8.42 Å². The summed E-state index contributed by atoms with van der Waals surface area (Å²) in [5.41, 5.74) is 1.73. The minimum atomic E-state index is -4.17. The van der Waals surface area contributed by atoms with E-state index in [0.717, 1.165) is 9.87 Å². The Balaban J connectivity index is 2.08. The van der Waals surface area contributed by atoms with Crippen LogP contribution in [-0.4, -0.2) is 51.4 Å². The molecule has 0 unspecified atom stereocenters. The molecule has 0 bridgehead atoms. The highest BCUT2D eigenvalue weighted by atomic mass is 35.5. The van der Waals surface area contributed by atoms with E-state index >= 15 is 0 Å². The number of sulfonamides is 1. The Hall–Kier alpha value is -3.27. The summed E-state index contributed by atoms with van der Waals surface area (Å²) in [4.78, 5) is 28.4. The number of amides is 2. The lowest BCUT2D eigenvalue weighted by Crippen LogP contribution is -2.52. The van der Waals surface area contributed by atoms with E-state index < -0.39 is 28.5 Å². The molecule has 2 amide bonds. The first-order valence-corrected chi connectivity index (χ1v) is 15.0. The van der Waals surface area contributed by atoms with Gasteiger partial charge < -0.3 is 15.0 Å². The maximum Gasteiger partial charge on any atom is 0.264 e. The smallest absolute Gasteiger partial charge is 0.264 e. The number of likely N-dealkylation sites (N-methyl/N-ethyl adjacent to an activating group) is 1. The highest BCUT2D eigenvalue weighted by Gasteiger charge is 2.33. The maximum absolute atomic E-state index is 14.0. The van der Waals surface area contributed by atoms with Gasteiger partial charge in [0.15, 0.2) is 0 Å². The van der Waals surface area contributed by atoms with E-state index in [-0.39, 0.29) is 23.0 Å². The SMILES string of the molecule is CCNC(=O)[C@H](CC)N(Cc1ccc(Cl)cc1Cl)C(=O)CN(c1ccc(OC)cc1)S(=O)(=O)c1ccc(C)cc1. The lowest BCUT2D eigenvalue weighted by atomic mass is 10.1. The molecule has 3 rings (SSSR count). The van der Waals surface area contributed by atoms with Crippen molar-refractivity contribution >= 4 is 50.7 Å². The number of carbonyl (C=O) groups excluding carboxylic acids is 2. The summed E-state index contributed by atoms with van der Waals surface area (Å²) in [6.07, 6.45) is 0.302. The highest BCUT2D eigenvalue weighted by molar-refractivity contribution is 7.92. The van der Waals surface area contributed by atoms with E-state index in [1.807, 2.05) is 6.92 Å². The lowest BCUT2D eigenvalue weighted by molar-refractivity contribution is -0.140. The second-order valence-corrected chi connectivity index (χ2v) is 11.8. The van der Waals surface area contributed by atoms with Crippen LogP contribution in [0.3, 0.4) is 0 Å². The average Bonchev–Trinajstić information content (AvgIpc) is 2.93. The molecular weight excluding hydrogens is 573 g/mol. The zero-order valence-electron chi connectivity index (χ0n) is 22.9. The number of benzene rings is 3. The van der Waals surface area contributed by atoms with Crippen LogP contribution in [0, 0.1) is 6.92 Å². The topological polar surface area (TPSA) is 96.0 Å². The quantitative estimate of drug-likeness (QED) is 0.296. The molecule has 3 aromatic carbocycles. The van der Waals surface area contributed by atoms with Gasteiger partial charge in [0.25, 0.3) is 10.0 Å². The zero-order valence-corrected chi connectivity index (χ0v) is 25.2. The summed E-state index contributed by atoms with van der Waals surface area (Å²) >= 11 is 12.5. The molecule has 3 aromatic rings. The second-order valence-electron chi connectivity index (χ2n) is 9.10. The first-order valence-electron chi connectivity index (χ1n) is 12.8. The molecule has 0 aromatic heterocycles. The fourth-order valence-electron chi connectivity index (χ4n) is 4.16. The van der Waals surface area contributed by atoms with E-state index in [9.17, 15) is 18.0 Å². The van der Waals surface area contributed by atoms with Crippen molar-refractivity contribution in [2.75, 3.05) is 24.5 Å². The molecule has 11 heteroatoms. The van der Waals surface area contributed by atoms with Gasteiger partial charge in [-0.1, -0.05) is 53.9 Å². The van der Waals surface area contributed by atoms with Gasteiger partial charge in [-0.2, -0.15) is 0 Å². The van der Waals surface area contributed by atoms with Crippen LogP contribution in [0.25, 0.3) is 0 Å². The van der Waals surface area contributed by atoms with Gasteiger partial charge in [0.05, 0.1) is 17.7 Å². The third-order valence-corrected chi connectivity index (χ3v) is 8.72. The number of rotatable bonds is 12. The summed E-state index contributed by atoms with van der Waals surface area (Å²) in [5.74, 6) is -0.388. The van der Waals surface area contributed by atoms with Crippen LogP contribution in [0.2, 0.25) is 10.0 Å². The number of carbonyl (C=O) groups is 2. The Morgan fingerprint density at radius 2 is 1.62 bits per heavy atom. The number of ether oxygens (including phenoxy) is 1. The molecule has 8 nitrogen and oxygen atoms in total. The molecule has 0 heterocycles. The maximum atomic E-state index is 14.0. The van der Waals surface area contributed by atoms with Crippen molar-refractivity contribution in [1.82, 2.24) is 10.2 Å². The van der Waals surface area contributed by atoms with Crippen molar-refractivity contribution in [1.29, 1.82) is 0 Å². The molecule has 0 fully saturated rings. The third-order valence-electron chi connectivity index (χ3n) is 6.34. The molecule has 1 atom stereocenters. The predicted molar refractivity (Wildman–Crippen MR) is 158 cm³/mol. The van der Waals surface area contributed by atoms with Crippen molar-refractivity contribution in [3.8, 4) is 5.75 Å². The van der Waals surface area contributed by atoms with Crippen LogP contribution >= 0.6 is 23.2 Å². The Bertz CT molecular complexity index is 1430. The fourth-order valence-corrected chi connectivity index (χ4v) is 6.04. The van der Waals surface area contributed by atoms with Crippen LogP contribution in [0.15, 0.2) is 71.6 Å². The standard InChI is InChI=1S/C29H33Cl2N3O5S/c1-5-27(29(36)32-6-2)33(18-21-9-10-22(30)17-26(21)31)28(35)19-34(23-11-13-24(39-4)14-12-23)40(37,38)25-15-7-20(3)8-16-25/h7-17,27H,5-6,18-19H2,1-4H3,(H,32,36)/t27-/m0/s1. The lowest BCUT2D eigenvalue weighted by Gasteiger charge is -2.33. The molecule has 0 aliphatic heterocycles.